The molecule has 0 atom stereocenters. The minimum atomic E-state index is -0.261. The Morgan fingerprint density at radius 2 is 1.90 bits per heavy atom. The van der Waals surface area contributed by atoms with Gasteiger partial charge in [-0.2, -0.15) is 5.10 Å². The predicted octanol–water partition coefficient (Wildman–Crippen LogP) is 5.41. The average molecular weight is 454 g/mol. The highest BCUT2D eigenvalue weighted by molar-refractivity contribution is 9.10. The lowest BCUT2D eigenvalue weighted by Gasteiger charge is -2.11. The summed E-state index contributed by atoms with van der Waals surface area (Å²) in [6, 6.07) is 17.2. The van der Waals surface area contributed by atoms with E-state index in [1.54, 1.807) is 30.5 Å². The Morgan fingerprint density at radius 1 is 1.17 bits per heavy atom. The molecule has 0 aliphatic carbocycles. The van der Waals surface area contributed by atoms with Crippen LogP contribution in [0.2, 0.25) is 0 Å². The van der Waals surface area contributed by atoms with Gasteiger partial charge in [-0.25, -0.2) is 5.43 Å². The van der Waals surface area contributed by atoms with Crippen LogP contribution < -0.4 is 10.2 Å². The summed E-state index contributed by atoms with van der Waals surface area (Å²) in [6.07, 6.45) is 2.62. The fourth-order valence-electron chi connectivity index (χ4n) is 3.07. The number of nitrogens with one attached hydrogen (secondary N) is 1. The topological polar surface area (TPSA) is 55.6 Å². The molecule has 0 radical (unpaired) electrons. The van der Waals surface area contributed by atoms with Crippen molar-refractivity contribution in [3.05, 3.63) is 81.6 Å². The normalized spacial score (nSPS) is 11.0. The van der Waals surface area contributed by atoms with Gasteiger partial charge in [-0.05, 0) is 78.7 Å². The lowest BCUT2D eigenvalue weighted by atomic mass is 10.2. The number of hydrogen-bond donors (Lipinski definition) is 1. The van der Waals surface area contributed by atoms with Crippen molar-refractivity contribution in [2.24, 2.45) is 5.10 Å². The van der Waals surface area contributed by atoms with Crippen molar-refractivity contribution < 1.29 is 9.53 Å². The molecule has 0 aliphatic heterocycles. The van der Waals surface area contributed by atoms with Crippen molar-refractivity contribution in [1.82, 2.24) is 9.99 Å². The van der Waals surface area contributed by atoms with Gasteiger partial charge in [0, 0.05) is 27.0 Å². The number of aromatic nitrogens is 1. The van der Waals surface area contributed by atoms with Gasteiger partial charge in [0.15, 0.2) is 0 Å². The van der Waals surface area contributed by atoms with Crippen LogP contribution in [0.3, 0.4) is 0 Å². The first-order valence-corrected chi connectivity index (χ1v) is 10.3. The van der Waals surface area contributed by atoms with Crippen molar-refractivity contribution in [3.8, 4) is 11.4 Å². The highest BCUT2D eigenvalue weighted by Gasteiger charge is 2.11. The van der Waals surface area contributed by atoms with Gasteiger partial charge >= 0.3 is 0 Å². The van der Waals surface area contributed by atoms with Gasteiger partial charge in [0.2, 0.25) is 0 Å². The summed E-state index contributed by atoms with van der Waals surface area (Å²) in [5.41, 5.74) is 7.27. The van der Waals surface area contributed by atoms with E-state index in [1.807, 2.05) is 38.1 Å². The lowest BCUT2D eigenvalue weighted by molar-refractivity contribution is 0.0955. The number of nitrogens with zero attached hydrogens (tertiary/aromatic N) is 2. The molecule has 3 aromatic rings. The predicted molar refractivity (Wildman–Crippen MR) is 120 cm³/mol. The third-order valence-corrected chi connectivity index (χ3v) is 5.19. The number of hydrazone groups is 1. The number of carbonyl (C=O) groups excluding carboxylic acids is 1. The van der Waals surface area contributed by atoms with Crippen LogP contribution in [0.25, 0.3) is 5.69 Å². The molecule has 1 N–H and O–H groups in total. The molecule has 1 amide bonds. The van der Waals surface area contributed by atoms with E-state index in [0.717, 1.165) is 39.3 Å². The zero-order valence-electron chi connectivity index (χ0n) is 16.8. The highest BCUT2D eigenvalue weighted by atomic mass is 79.9. The van der Waals surface area contributed by atoms with E-state index >= 15 is 0 Å². The Balaban J connectivity index is 1.70. The summed E-state index contributed by atoms with van der Waals surface area (Å²) in [5.74, 6) is 0.495. The van der Waals surface area contributed by atoms with Crippen LogP contribution in [0, 0.1) is 13.8 Å². The maximum absolute atomic E-state index is 12.3. The monoisotopic (exact) mass is 453 g/mol. The Labute approximate surface area is 179 Å². The van der Waals surface area contributed by atoms with E-state index in [9.17, 15) is 4.79 Å². The summed E-state index contributed by atoms with van der Waals surface area (Å²) >= 11 is 3.61. The molecule has 0 saturated heterocycles. The van der Waals surface area contributed by atoms with Crippen molar-refractivity contribution >= 4 is 28.1 Å². The van der Waals surface area contributed by atoms with Crippen molar-refractivity contribution in [3.63, 3.8) is 0 Å². The number of rotatable bonds is 7. The second-order valence-corrected chi connectivity index (χ2v) is 7.54. The molecular weight excluding hydrogens is 430 g/mol. The van der Waals surface area contributed by atoms with E-state index in [2.05, 4.69) is 44.0 Å². The zero-order chi connectivity index (χ0) is 20.8. The quantitative estimate of drug-likeness (QED) is 0.384. The van der Waals surface area contributed by atoms with E-state index in [1.165, 1.54) is 0 Å². The summed E-state index contributed by atoms with van der Waals surface area (Å²) < 4.78 is 8.71. The lowest BCUT2D eigenvalue weighted by Crippen LogP contribution is -2.17. The van der Waals surface area contributed by atoms with Gasteiger partial charge in [-0.15, -0.1) is 0 Å². The van der Waals surface area contributed by atoms with Crippen molar-refractivity contribution in [2.75, 3.05) is 6.61 Å². The molecule has 2 aromatic carbocycles. The molecule has 150 valence electrons. The Kier molecular flexibility index (Phi) is 6.88. The third-order valence-electron chi connectivity index (χ3n) is 4.52. The van der Waals surface area contributed by atoms with Gasteiger partial charge in [0.1, 0.15) is 5.75 Å². The molecule has 0 bridgehead atoms. The molecule has 1 heterocycles. The second-order valence-electron chi connectivity index (χ2n) is 6.69. The van der Waals surface area contributed by atoms with Crippen molar-refractivity contribution in [1.29, 1.82) is 0 Å². The first-order chi connectivity index (χ1) is 14.0. The van der Waals surface area contributed by atoms with Crippen LogP contribution in [0.4, 0.5) is 0 Å². The van der Waals surface area contributed by atoms with E-state index < -0.39 is 0 Å². The second kappa shape index (κ2) is 9.56. The van der Waals surface area contributed by atoms with Crippen molar-refractivity contribution in [2.45, 2.75) is 27.2 Å². The molecular formula is C23H24BrN3O2. The van der Waals surface area contributed by atoms with E-state index in [-0.39, 0.29) is 5.91 Å². The first-order valence-electron chi connectivity index (χ1n) is 9.51. The number of amides is 1. The van der Waals surface area contributed by atoms with E-state index in [4.69, 9.17) is 4.74 Å². The van der Waals surface area contributed by atoms with Gasteiger partial charge in [0.05, 0.1) is 18.5 Å². The SMILES string of the molecule is CCCOc1ccc(C(=O)N/N=C/c2cc(C)n(-c3ccccc3Br)c2C)cc1. The summed E-state index contributed by atoms with van der Waals surface area (Å²) in [6.45, 7) is 6.79. The molecule has 0 saturated carbocycles. The minimum absolute atomic E-state index is 0.261. The maximum Gasteiger partial charge on any atom is 0.271 e. The standard InChI is InChI=1S/C23H24BrN3O2/c1-4-13-29-20-11-9-18(10-12-20)23(28)26-25-15-19-14-16(2)27(17(19)3)22-8-6-5-7-21(22)24/h5-12,14-15H,4,13H2,1-3H3,(H,26,28)/b25-15+. The van der Waals surface area contributed by atoms with Crippen LogP contribution in [0.1, 0.15) is 40.7 Å². The molecule has 0 unspecified atom stereocenters. The molecule has 3 rings (SSSR count). The van der Waals surface area contributed by atoms with Gasteiger partial charge in [0.25, 0.3) is 5.91 Å². The smallest absolute Gasteiger partial charge is 0.271 e. The molecule has 0 aliphatic rings. The third kappa shape index (κ3) is 4.95. The highest BCUT2D eigenvalue weighted by Crippen LogP contribution is 2.26. The van der Waals surface area contributed by atoms with Crippen LogP contribution in [-0.2, 0) is 0 Å². The van der Waals surface area contributed by atoms with Crippen LogP contribution in [-0.4, -0.2) is 23.3 Å². The van der Waals surface area contributed by atoms with Crippen LogP contribution in [0.5, 0.6) is 5.75 Å². The van der Waals surface area contributed by atoms with Gasteiger partial charge < -0.3 is 9.30 Å². The molecule has 29 heavy (non-hydrogen) atoms. The van der Waals surface area contributed by atoms with Gasteiger partial charge in [-0.1, -0.05) is 19.1 Å². The number of carbonyl (C=O) groups is 1. The maximum atomic E-state index is 12.3. The summed E-state index contributed by atoms with van der Waals surface area (Å²) in [5, 5.41) is 4.14. The number of benzene rings is 2. The average Bonchev–Trinajstić information content (AvgIpc) is 3.00. The summed E-state index contributed by atoms with van der Waals surface area (Å²) in [7, 11) is 0. The number of ether oxygens (including phenoxy) is 1. The fraction of sp³-hybridized carbons (Fsp3) is 0.217. The Bertz CT molecular complexity index is 1020. The Morgan fingerprint density at radius 3 is 2.59 bits per heavy atom. The number of aryl methyl sites for hydroxylation is 1. The molecule has 0 fully saturated rings. The molecule has 0 spiro atoms. The van der Waals surface area contributed by atoms with Crippen LogP contribution in [0.15, 0.2) is 64.2 Å². The minimum Gasteiger partial charge on any atom is -0.494 e. The van der Waals surface area contributed by atoms with E-state index in [0.29, 0.717) is 12.2 Å². The number of halogens is 1. The Hall–Kier alpha value is -2.86. The van der Waals surface area contributed by atoms with Crippen LogP contribution >= 0.6 is 15.9 Å². The summed E-state index contributed by atoms with van der Waals surface area (Å²) in [4.78, 5) is 12.3. The first kappa shape index (κ1) is 20.9. The zero-order valence-corrected chi connectivity index (χ0v) is 18.4. The molecule has 6 heteroatoms. The molecule has 1 aromatic heterocycles. The molecule has 5 nitrogen and oxygen atoms in total. The number of hydrogen-bond acceptors (Lipinski definition) is 3. The number of para-hydroxylation sites is 1. The fourth-order valence-corrected chi connectivity index (χ4v) is 3.53. The largest absolute Gasteiger partial charge is 0.494 e. The van der Waals surface area contributed by atoms with Gasteiger partial charge in [-0.3, -0.25) is 4.79 Å².